The van der Waals surface area contributed by atoms with E-state index in [0.29, 0.717) is 22.5 Å². The zero-order valence-corrected chi connectivity index (χ0v) is 9.69. The highest BCUT2D eigenvalue weighted by Crippen LogP contribution is 2.19. The molecule has 0 amide bonds. The molecule has 0 atom stereocenters. The van der Waals surface area contributed by atoms with Crippen LogP contribution in [-0.4, -0.2) is 30.8 Å². The van der Waals surface area contributed by atoms with Crippen LogP contribution in [0.2, 0.25) is 0 Å². The van der Waals surface area contributed by atoms with Crippen molar-refractivity contribution in [2.75, 3.05) is 5.73 Å². The molecule has 0 fully saturated rings. The fraction of sp³-hybridized carbons (Fsp3) is 0. The summed E-state index contributed by atoms with van der Waals surface area (Å²) in [5, 5.41) is 13.7. The van der Waals surface area contributed by atoms with E-state index in [4.69, 9.17) is 10.8 Å². The van der Waals surface area contributed by atoms with Gasteiger partial charge in [-0.3, -0.25) is 0 Å². The van der Waals surface area contributed by atoms with Gasteiger partial charge in [-0.15, -0.1) is 0 Å². The summed E-state index contributed by atoms with van der Waals surface area (Å²) in [6.07, 6.45) is 2.94. The second-order valence-corrected chi connectivity index (χ2v) is 3.90. The summed E-state index contributed by atoms with van der Waals surface area (Å²) in [6, 6.07) is 6.34. The Labute approximate surface area is 107 Å². The second kappa shape index (κ2) is 4.05. The molecule has 0 radical (unpaired) electrons. The van der Waals surface area contributed by atoms with Crippen LogP contribution < -0.4 is 5.73 Å². The first-order valence-electron chi connectivity index (χ1n) is 5.45. The minimum atomic E-state index is -0.969. The molecule has 0 saturated heterocycles. The van der Waals surface area contributed by atoms with E-state index in [1.54, 1.807) is 23.0 Å². The number of benzene rings is 1. The Hall–Kier alpha value is -2.96. The van der Waals surface area contributed by atoms with Gasteiger partial charge in [-0.25, -0.2) is 19.4 Å². The van der Waals surface area contributed by atoms with Gasteiger partial charge in [-0.1, -0.05) is 0 Å². The third kappa shape index (κ3) is 1.77. The molecule has 2 aromatic heterocycles. The maximum absolute atomic E-state index is 10.8. The van der Waals surface area contributed by atoms with Gasteiger partial charge in [0.05, 0.1) is 22.8 Å². The lowest BCUT2D eigenvalue weighted by molar-refractivity contribution is 0.0697. The standard InChI is InChI=1S/C12H9N5O2/c13-10-9-5-16-17(11(9)15-6-14-10)8-3-1-7(2-4-8)12(18)19/h1-6H,(H,18,19)(H2,13,14,15). The summed E-state index contributed by atoms with van der Waals surface area (Å²) in [6.45, 7) is 0. The smallest absolute Gasteiger partial charge is 0.335 e. The fourth-order valence-electron chi connectivity index (χ4n) is 1.80. The Bertz CT molecular complexity index is 763. The van der Waals surface area contributed by atoms with Crippen molar-refractivity contribution in [3.8, 4) is 5.69 Å². The molecule has 0 saturated carbocycles. The van der Waals surface area contributed by atoms with E-state index in [2.05, 4.69) is 15.1 Å². The van der Waals surface area contributed by atoms with Crippen molar-refractivity contribution in [1.82, 2.24) is 19.7 Å². The molecule has 3 N–H and O–H groups in total. The van der Waals surface area contributed by atoms with Crippen molar-refractivity contribution in [3.05, 3.63) is 42.4 Å². The average molecular weight is 255 g/mol. The van der Waals surface area contributed by atoms with Gasteiger partial charge in [-0.2, -0.15) is 5.10 Å². The maximum atomic E-state index is 10.8. The summed E-state index contributed by atoms with van der Waals surface area (Å²) < 4.78 is 1.58. The van der Waals surface area contributed by atoms with E-state index < -0.39 is 5.97 Å². The van der Waals surface area contributed by atoms with Crippen LogP contribution in [0.4, 0.5) is 5.82 Å². The highest BCUT2D eigenvalue weighted by Gasteiger charge is 2.09. The zero-order chi connectivity index (χ0) is 13.4. The number of hydrogen-bond donors (Lipinski definition) is 2. The molecule has 7 heteroatoms. The molecule has 0 aliphatic carbocycles. The van der Waals surface area contributed by atoms with E-state index in [-0.39, 0.29) is 5.56 Å². The lowest BCUT2D eigenvalue weighted by Crippen LogP contribution is -2.01. The largest absolute Gasteiger partial charge is 0.478 e. The topological polar surface area (TPSA) is 107 Å². The summed E-state index contributed by atoms with van der Waals surface area (Å²) >= 11 is 0. The molecule has 0 unspecified atom stereocenters. The molecule has 1 aromatic carbocycles. The number of fused-ring (bicyclic) bond motifs is 1. The number of aromatic carboxylic acids is 1. The maximum Gasteiger partial charge on any atom is 0.335 e. The van der Waals surface area contributed by atoms with Crippen molar-refractivity contribution >= 4 is 22.8 Å². The van der Waals surface area contributed by atoms with Crippen LogP contribution in [0.3, 0.4) is 0 Å². The van der Waals surface area contributed by atoms with Crippen molar-refractivity contribution in [3.63, 3.8) is 0 Å². The molecule has 3 aromatic rings. The van der Waals surface area contributed by atoms with E-state index in [1.165, 1.54) is 18.5 Å². The average Bonchev–Trinajstić information content (AvgIpc) is 2.84. The van der Waals surface area contributed by atoms with E-state index in [9.17, 15) is 4.79 Å². The van der Waals surface area contributed by atoms with Gasteiger partial charge < -0.3 is 10.8 Å². The lowest BCUT2D eigenvalue weighted by atomic mass is 10.2. The molecular weight excluding hydrogens is 246 g/mol. The van der Waals surface area contributed by atoms with Crippen molar-refractivity contribution in [1.29, 1.82) is 0 Å². The molecule has 19 heavy (non-hydrogen) atoms. The third-order valence-corrected chi connectivity index (χ3v) is 2.76. The van der Waals surface area contributed by atoms with E-state index in [0.717, 1.165) is 0 Å². The number of rotatable bonds is 2. The zero-order valence-electron chi connectivity index (χ0n) is 9.69. The summed E-state index contributed by atoms with van der Waals surface area (Å²) in [5.41, 5.74) is 7.23. The van der Waals surface area contributed by atoms with E-state index in [1.807, 2.05) is 0 Å². The Morgan fingerprint density at radius 1 is 1.21 bits per heavy atom. The number of carbonyl (C=O) groups is 1. The molecular formula is C12H9N5O2. The predicted octanol–water partition coefficient (Wildman–Crippen LogP) is 1.10. The van der Waals surface area contributed by atoms with Crippen LogP contribution in [0.5, 0.6) is 0 Å². The fourth-order valence-corrected chi connectivity index (χ4v) is 1.80. The number of carboxylic acids is 1. The monoisotopic (exact) mass is 255 g/mol. The van der Waals surface area contributed by atoms with Crippen LogP contribution in [0.15, 0.2) is 36.8 Å². The molecule has 2 heterocycles. The Kier molecular flexibility index (Phi) is 2.38. The van der Waals surface area contributed by atoms with Gasteiger partial charge in [0.15, 0.2) is 5.65 Å². The minimum Gasteiger partial charge on any atom is -0.478 e. The molecule has 0 spiro atoms. The summed E-state index contributed by atoms with van der Waals surface area (Å²) in [7, 11) is 0. The molecule has 0 aliphatic rings. The second-order valence-electron chi connectivity index (χ2n) is 3.90. The lowest BCUT2D eigenvalue weighted by Gasteiger charge is -2.03. The molecule has 3 rings (SSSR count). The van der Waals surface area contributed by atoms with Gasteiger partial charge in [0.2, 0.25) is 0 Å². The highest BCUT2D eigenvalue weighted by atomic mass is 16.4. The van der Waals surface area contributed by atoms with Crippen molar-refractivity contribution < 1.29 is 9.90 Å². The number of nitrogens with two attached hydrogens (primary N) is 1. The number of anilines is 1. The van der Waals surface area contributed by atoms with Crippen LogP contribution in [0.1, 0.15) is 10.4 Å². The van der Waals surface area contributed by atoms with E-state index >= 15 is 0 Å². The molecule has 0 aliphatic heterocycles. The Morgan fingerprint density at radius 2 is 1.95 bits per heavy atom. The highest BCUT2D eigenvalue weighted by molar-refractivity contribution is 5.88. The Morgan fingerprint density at radius 3 is 2.63 bits per heavy atom. The predicted molar refractivity (Wildman–Crippen MR) is 68.0 cm³/mol. The summed E-state index contributed by atoms with van der Waals surface area (Å²) in [4.78, 5) is 18.8. The van der Waals surface area contributed by atoms with Crippen LogP contribution in [-0.2, 0) is 0 Å². The van der Waals surface area contributed by atoms with Crippen molar-refractivity contribution in [2.45, 2.75) is 0 Å². The van der Waals surface area contributed by atoms with Crippen molar-refractivity contribution in [2.24, 2.45) is 0 Å². The van der Waals surface area contributed by atoms with Gasteiger partial charge in [-0.05, 0) is 24.3 Å². The number of nitrogens with zero attached hydrogens (tertiary/aromatic N) is 4. The number of carboxylic acid groups (broad SMARTS) is 1. The number of aromatic nitrogens is 4. The molecule has 94 valence electrons. The van der Waals surface area contributed by atoms with Crippen LogP contribution in [0.25, 0.3) is 16.7 Å². The van der Waals surface area contributed by atoms with Gasteiger partial charge in [0, 0.05) is 0 Å². The van der Waals surface area contributed by atoms with Gasteiger partial charge in [0.25, 0.3) is 0 Å². The quantitative estimate of drug-likeness (QED) is 0.710. The van der Waals surface area contributed by atoms with Crippen LogP contribution >= 0.6 is 0 Å². The summed E-state index contributed by atoms with van der Waals surface area (Å²) in [5.74, 6) is -0.609. The Balaban J connectivity index is 2.14. The number of hydrogen-bond acceptors (Lipinski definition) is 5. The molecule has 7 nitrogen and oxygen atoms in total. The molecule has 0 bridgehead atoms. The first kappa shape index (κ1) is 11.1. The first-order valence-corrected chi connectivity index (χ1v) is 5.45. The van der Waals surface area contributed by atoms with Crippen LogP contribution in [0, 0.1) is 0 Å². The number of nitrogen functional groups attached to an aromatic ring is 1. The SMILES string of the molecule is Nc1ncnc2c1cnn2-c1ccc(C(=O)O)cc1. The third-order valence-electron chi connectivity index (χ3n) is 2.76. The first-order chi connectivity index (χ1) is 9.16. The normalized spacial score (nSPS) is 10.7. The minimum absolute atomic E-state index is 0.217. The van der Waals surface area contributed by atoms with Gasteiger partial charge in [0.1, 0.15) is 12.1 Å². The van der Waals surface area contributed by atoms with Gasteiger partial charge >= 0.3 is 5.97 Å².